The molecule has 1 aromatic rings. The molecular formula is C27H38FNO4. The lowest BCUT2D eigenvalue weighted by Crippen LogP contribution is -2.42. The van der Waals surface area contributed by atoms with Gasteiger partial charge in [0.2, 0.25) is 0 Å². The van der Waals surface area contributed by atoms with Gasteiger partial charge in [-0.25, -0.2) is 4.39 Å². The number of methoxy groups -OCH3 is 1. The number of piperidine rings is 1. The largest absolute Gasteiger partial charge is 0.481 e. The number of nitrogens with zero attached hydrogens (tertiary/aromatic N) is 1. The first kappa shape index (κ1) is 25.4. The second kappa shape index (κ2) is 11.3. The van der Waals surface area contributed by atoms with E-state index in [1.165, 1.54) is 12.7 Å². The third-order valence-electron chi connectivity index (χ3n) is 7.98. The van der Waals surface area contributed by atoms with Gasteiger partial charge in [-0.1, -0.05) is 38.1 Å². The number of ether oxygens (including phenoxy) is 1. The van der Waals surface area contributed by atoms with Crippen molar-refractivity contribution in [2.75, 3.05) is 20.2 Å². The molecular weight excluding hydrogens is 421 g/mol. The Morgan fingerprint density at radius 3 is 2.18 bits per heavy atom. The van der Waals surface area contributed by atoms with Crippen LogP contribution in [0, 0.1) is 23.1 Å². The molecule has 1 heterocycles. The number of carbonyl (C=O) groups excluding carboxylic acids is 1. The van der Waals surface area contributed by atoms with Gasteiger partial charge < -0.3 is 14.7 Å². The topological polar surface area (TPSA) is 66.8 Å². The summed E-state index contributed by atoms with van der Waals surface area (Å²) in [7, 11) is 1.43. The Morgan fingerprint density at radius 2 is 1.70 bits per heavy atom. The Labute approximate surface area is 197 Å². The lowest BCUT2D eigenvalue weighted by Gasteiger charge is -2.37. The summed E-state index contributed by atoms with van der Waals surface area (Å²) in [4.78, 5) is 25.1. The van der Waals surface area contributed by atoms with Gasteiger partial charge in [-0.2, -0.15) is 0 Å². The molecule has 1 aromatic carbocycles. The molecule has 0 aromatic heterocycles. The maximum Gasteiger partial charge on any atom is 0.309 e. The fourth-order valence-electron chi connectivity index (χ4n) is 5.64. The quantitative estimate of drug-likeness (QED) is 0.471. The molecule has 0 bridgehead atoms. The molecule has 1 aliphatic heterocycles. The molecule has 0 amide bonds. The zero-order chi connectivity index (χ0) is 24.0. The van der Waals surface area contributed by atoms with Gasteiger partial charge in [0.15, 0.2) is 0 Å². The highest BCUT2D eigenvalue weighted by Gasteiger charge is 2.49. The molecule has 33 heavy (non-hydrogen) atoms. The summed E-state index contributed by atoms with van der Waals surface area (Å²) >= 11 is 0. The van der Waals surface area contributed by atoms with Crippen LogP contribution in [0.15, 0.2) is 36.4 Å². The summed E-state index contributed by atoms with van der Waals surface area (Å²) in [5.74, 6) is -0.105. The molecule has 182 valence electrons. The molecule has 0 radical (unpaired) electrons. The van der Waals surface area contributed by atoms with Gasteiger partial charge in [-0.05, 0) is 87.6 Å². The molecule has 2 atom stereocenters. The van der Waals surface area contributed by atoms with Gasteiger partial charge in [0.05, 0.1) is 18.4 Å². The summed E-state index contributed by atoms with van der Waals surface area (Å²) in [6.07, 6.45) is 10.5. The fourth-order valence-corrected chi connectivity index (χ4v) is 5.64. The minimum Gasteiger partial charge on any atom is -0.481 e. The number of hydrogen-bond acceptors (Lipinski definition) is 4. The second-order valence-corrected chi connectivity index (χ2v) is 10.0. The van der Waals surface area contributed by atoms with E-state index in [2.05, 4.69) is 9.64 Å². The van der Waals surface area contributed by atoms with Crippen LogP contribution in [0.25, 0.3) is 0 Å². The van der Waals surface area contributed by atoms with E-state index in [0.717, 1.165) is 58.0 Å². The highest BCUT2D eigenvalue weighted by Crippen LogP contribution is 2.47. The van der Waals surface area contributed by atoms with Crippen molar-refractivity contribution in [3.63, 3.8) is 0 Å². The molecule has 1 saturated heterocycles. The van der Waals surface area contributed by atoms with Crippen LogP contribution < -0.4 is 0 Å². The van der Waals surface area contributed by atoms with Crippen LogP contribution in [-0.2, 0) is 14.3 Å². The van der Waals surface area contributed by atoms with Crippen molar-refractivity contribution >= 4 is 11.9 Å². The molecule has 4 rings (SSSR count). The van der Waals surface area contributed by atoms with Crippen molar-refractivity contribution in [3.05, 3.63) is 47.8 Å². The standard InChI is InChI=1S/C20H28FNO2.C7H10O2/c1-14(2)20(19(23)24)10-7-18(13-20)22-11-8-16(9-12-22)15-3-5-17(21)6-4-15;1-9-7(8)6-4-2-3-5-6/h3-6,14,16,18H,7-13H2,1-2H3,(H,23,24);2-3,6H,4-5H2,1H3. The number of rotatable bonds is 5. The molecule has 2 unspecified atom stereocenters. The number of allylic oxidation sites excluding steroid dienone is 2. The number of aliphatic carboxylic acids is 1. The monoisotopic (exact) mass is 459 g/mol. The third kappa shape index (κ3) is 6.03. The first-order valence-electron chi connectivity index (χ1n) is 12.2. The Kier molecular flexibility index (Phi) is 8.69. The lowest BCUT2D eigenvalue weighted by atomic mass is 9.75. The van der Waals surface area contributed by atoms with Crippen LogP contribution in [0.4, 0.5) is 4.39 Å². The molecule has 5 nitrogen and oxygen atoms in total. The smallest absolute Gasteiger partial charge is 0.309 e. The summed E-state index contributed by atoms with van der Waals surface area (Å²) < 4.78 is 17.6. The van der Waals surface area contributed by atoms with Crippen molar-refractivity contribution in [2.45, 2.75) is 70.8 Å². The van der Waals surface area contributed by atoms with Gasteiger partial charge in [0, 0.05) is 6.04 Å². The van der Waals surface area contributed by atoms with Crippen LogP contribution in [0.2, 0.25) is 0 Å². The molecule has 3 aliphatic rings. The molecule has 0 spiro atoms. The summed E-state index contributed by atoms with van der Waals surface area (Å²) in [5, 5.41) is 9.71. The van der Waals surface area contributed by atoms with E-state index >= 15 is 0 Å². The Bertz CT molecular complexity index is 821. The first-order chi connectivity index (χ1) is 15.8. The second-order valence-electron chi connectivity index (χ2n) is 10.0. The zero-order valence-electron chi connectivity index (χ0n) is 20.1. The first-order valence-corrected chi connectivity index (χ1v) is 12.2. The Hall–Kier alpha value is -2.21. The van der Waals surface area contributed by atoms with Crippen molar-refractivity contribution in [1.29, 1.82) is 0 Å². The van der Waals surface area contributed by atoms with E-state index in [-0.39, 0.29) is 23.6 Å². The van der Waals surface area contributed by atoms with E-state index in [0.29, 0.717) is 12.0 Å². The third-order valence-corrected chi connectivity index (χ3v) is 7.98. The maximum absolute atomic E-state index is 13.1. The van der Waals surface area contributed by atoms with E-state index in [4.69, 9.17) is 0 Å². The van der Waals surface area contributed by atoms with Crippen LogP contribution in [0.5, 0.6) is 0 Å². The van der Waals surface area contributed by atoms with Gasteiger partial charge >= 0.3 is 11.9 Å². The summed E-state index contributed by atoms with van der Waals surface area (Å²) in [6.45, 7) is 6.11. The predicted octanol–water partition coefficient (Wildman–Crippen LogP) is 5.41. The zero-order valence-corrected chi connectivity index (χ0v) is 20.1. The molecule has 6 heteroatoms. The van der Waals surface area contributed by atoms with Crippen LogP contribution in [0.1, 0.15) is 70.3 Å². The number of likely N-dealkylation sites (tertiary alicyclic amines) is 1. The molecule has 1 N–H and O–H groups in total. The number of esters is 1. The Morgan fingerprint density at radius 1 is 1.09 bits per heavy atom. The van der Waals surface area contributed by atoms with Crippen molar-refractivity contribution in [2.24, 2.45) is 17.3 Å². The highest BCUT2D eigenvalue weighted by atomic mass is 19.1. The van der Waals surface area contributed by atoms with Crippen molar-refractivity contribution in [1.82, 2.24) is 4.90 Å². The van der Waals surface area contributed by atoms with Crippen molar-refractivity contribution in [3.8, 4) is 0 Å². The van der Waals surface area contributed by atoms with Gasteiger partial charge in [-0.3, -0.25) is 9.59 Å². The van der Waals surface area contributed by atoms with E-state index < -0.39 is 11.4 Å². The minimum absolute atomic E-state index is 0.0833. The van der Waals surface area contributed by atoms with E-state index in [1.54, 1.807) is 12.1 Å². The summed E-state index contributed by atoms with van der Waals surface area (Å²) in [6, 6.07) is 7.29. The summed E-state index contributed by atoms with van der Waals surface area (Å²) in [5.41, 5.74) is 0.683. The van der Waals surface area contributed by atoms with Gasteiger partial charge in [0.25, 0.3) is 0 Å². The average molecular weight is 460 g/mol. The fraction of sp³-hybridized carbons (Fsp3) is 0.630. The number of carboxylic acid groups (broad SMARTS) is 1. The molecule has 2 aliphatic carbocycles. The maximum atomic E-state index is 13.1. The van der Waals surface area contributed by atoms with Crippen LogP contribution >= 0.6 is 0 Å². The van der Waals surface area contributed by atoms with Crippen molar-refractivity contribution < 1.29 is 23.8 Å². The van der Waals surface area contributed by atoms with Gasteiger partial charge in [-0.15, -0.1) is 0 Å². The Balaban J connectivity index is 0.000000286. The van der Waals surface area contributed by atoms with Gasteiger partial charge in [0.1, 0.15) is 5.82 Å². The number of halogens is 1. The SMILES string of the molecule is CC(C)C1(C(=O)O)CCC(N2CCC(c3ccc(F)cc3)CC2)C1.COC(=O)C1CC=CC1. The molecule has 2 fully saturated rings. The van der Waals surface area contributed by atoms with Crippen LogP contribution in [0.3, 0.4) is 0 Å². The van der Waals surface area contributed by atoms with E-state index in [9.17, 15) is 19.1 Å². The lowest BCUT2D eigenvalue weighted by molar-refractivity contribution is -0.151. The predicted molar refractivity (Wildman–Crippen MR) is 126 cm³/mol. The average Bonchev–Trinajstić information content (AvgIpc) is 3.51. The highest BCUT2D eigenvalue weighted by molar-refractivity contribution is 5.75. The number of carboxylic acids is 1. The number of benzene rings is 1. The minimum atomic E-state index is -0.624. The van der Waals surface area contributed by atoms with E-state index in [1.807, 2.05) is 38.1 Å². The number of hydrogen-bond donors (Lipinski definition) is 1. The normalized spacial score (nSPS) is 26.3. The van der Waals surface area contributed by atoms with Crippen LogP contribution in [-0.4, -0.2) is 48.2 Å². The number of carbonyl (C=O) groups is 2. The molecule has 1 saturated carbocycles.